The highest BCUT2D eigenvalue weighted by Gasteiger charge is 2.45. The first-order valence-corrected chi connectivity index (χ1v) is 11.9. The van der Waals surface area contributed by atoms with Crippen molar-refractivity contribution in [1.82, 2.24) is 19.8 Å². The van der Waals surface area contributed by atoms with E-state index in [1.54, 1.807) is 30.7 Å². The minimum atomic E-state index is -0.363. The minimum Gasteiger partial charge on any atom is -0.404 e. The van der Waals surface area contributed by atoms with Gasteiger partial charge in [-0.15, -0.1) is 11.3 Å². The Morgan fingerprint density at radius 2 is 2.12 bits per heavy atom. The van der Waals surface area contributed by atoms with Crippen LogP contribution in [0.25, 0.3) is 10.6 Å². The molecule has 10 heteroatoms. The number of fused-ring (bicyclic) bond motifs is 1. The number of nitrogens with two attached hydrogens (primary N) is 1. The molecule has 0 saturated carbocycles. The van der Waals surface area contributed by atoms with Crippen LogP contribution in [0.4, 0.5) is 5.95 Å². The van der Waals surface area contributed by atoms with E-state index in [9.17, 15) is 4.79 Å². The number of nitrogens with one attached hydrogen (secondary N) is 1. The quantitative estimate of drug-likeness (QED) is 0.494. The Bertz CT molecular complexity index is 1090. The molecule has 0 unspecified atom stereocenters. The summed E-state index contributed by atoms with van der Waals surface area (Å²) in [7, 11) is 1.67. The summed E-state index contributed by atoms with van der Waals surface area (Å²) in [4.78, 5) is 32.9. The molecule has 2 aliphatic rings. The van der Waals surface area contributed by atoms with Crippen LogP contribution in [0.1, 0.15) is 34.6 Å². The molecule has 9 nitrogen and oxygen atoms in total. The minimum absolute atomic E-state index is 0.0873. The van der Waals surface area contributed by atoms with E-state index < -0.39 is 0 Å². The van der Waals surface area contributed by atoms with Crippen LogP contribution < -0.4 is 11.1 Å². The number of amides is 1. The zero-order chi connectivity index (χ0) is 23.6. The lowest BCUT2D eigenvalue weighted by atomic mass is 10.0. The van der Waals surface area contributed by atoms with Crippen molar-refractivity contribution in [2.75, 3.05) is 51.8 Å². The van der Waals surface area contributed by atoms with E-state index >= 15 is 0 Å². The Morgan fingerprint density at radius 3 is 2.79 bits per heavy atom. The van der Waals surface area contributed by atoms with Gasteiger partial charge in [-0.2, -0.15) is 0 Å². The van der Waals surface area contributed by atoms with Gasteiger partial charge >= 0.3 is 0 Å². The van der Waals surface area contributed by atoms with Crippen LogP contribution in [0.2, 0.25) is 0 Å². The van der Waals surface area contributed by atoms with Gasteiger partial charge in [-0.1, -0.05) is 0 Å². The molecular weight excluding hydrogens is 438 g/mol. The second-order valence-corrected chi connectivity index (χ2v) is 9.69. The number of hydrogen-bond donors (Lipinski definition) is 2. The maximum absolute atomic E-state index is 13.3. The summed E-state index contributed by atoms with van der Waals surface area (Å²) in [5, 5.41) is 3.07. The number of aliphatic imine (C=N–C) groups is 1. The third-order valence-electron chi connectivity index (χ3n) is 6.12. The Morgan fingerprint density at radius 1 is 1.36 bits per heavy atom. The standard InChI is InChI=1S/C23H31N7O2S/c1-15-14-26-22(27-18(25-4)5-6-24)28-19(15)17-13-16-20(33-17)23(2,3)30(21(16)31)8-7-29-9-11-32-12-10-29/h5-6,13-14H,7-12,24H2,1-4H3,(H,25,26,27,28). The van der Waals surface area contributed by atoms with Crippen molar-refractivity contribution in [3.8, 4) is 10.6 Å². The van der Waals surface area contributed by atoms with Gasteiger partial charge in [0.05, 0.1) is 34.9 Å². The van der Waals surface area contributed by atoms with Crippen LogP contribution in [0.15, 0.2) is 29.5 Å². The number of morpholine rings is 1. The zero-order valence-corrected chi connectivity index (χ0v) is 20.4. The first-order chi connectivity index (χ1) is 15.8. The summed E-state index contributed by atoms with van der Waals surface area (Å²) < 4.78 is 5.43. The number of rotatable bonds is 6. The van der Waals surface area contributed by atoms with E-state index in [4.69, 9.17) is 15.5 Å². The van der Waals surface area contributed by atoms with Gasteiger partial charge < -0.3 is 20.7 Å². The lowest BCUT2D eigenvalue weighted by molar-refractivity contribution is 0.0263. The third-order valence-corrected chi connectivity index (χ3v) is 7.58. The van der Waals surface area contributed by atoms with E-state index in [1.807, 2.05) is 17.9 Å². The number of amidine groups is 1. The summed E-state index contributed by atoms with van der Waals surface area (Å²) in [5.74, 6) is 1.08. The number of nitrogens with zero attached hydrogens (tertiary/aromatic N) is 5. The van der Waals surface area contributed by atoms with E-state index in [-0.39, 0.29) is 11.4 Å². The second-order valence-electron chi connectivity index (χ2n) is 8.64. The SMILES string of the molecule is CN=C(C=CN)Nc1ncc(C)c(-c2cc3c(s2)C(C)(C)N(CCN2CCOCC2)C3=O)n1. The average molecular weight is 470 g/mol. The fraction of sp³-hybridized carbons (Fsp3) is 0.478. The zero-order valence-electron chi connectivity index (χ0n) is 19.6. The number of aromatic nitrogens is 2. The Balaban J connectivity index is 1.56. The van der Waals surface area contributed by atoms with Gasteiger partial charge in [-0.3, -0.25) is 14.7 Å². The van der Waals surface area contributed by atoms with Crippen molar-refractivity contribution in [1.29, 1.82) is 0 Å². The molecule has 0 bridgehead atoms. The Labute approximate surface area is 198 Å². The van der Waals surface area contributed by atoms with Crippen molar-refractivity contribution < 1.29 is 9.53 Å². The number of aryl methyl sites for hydroxylation is 1. The monoisotopic (exact) mass is 469 g/mol. The number of ether oxygens (including phenoxy) is 1. The largest absolute Gasteiger partial charge is 0.404 e. The molecule has 4 heterocycles. The molecule has 2 aliphatic heterocycles. The molecule has 0 spiro atoms. The maximum atomic E-state index is 13.3. The van der Waals surface area contributed by atoms with Crippen molar-refractivity contribution in [2.45, 2.75) is 26.3 Å². The first kappa shape index (κ1) is 23.3. The highest BCUT2D eigenvalue weighted by molar-refractivity contribution is 7.16. The molecule has 0 radical (unpaired) electrons. The van der Waals surface area contributed by atoms with Crippen molar-refractivity contribution >= 4 is 29.0 Å². The molecule has 33 heavy (non-hydrogen) atoms. The molecule has 0 aromatic carbocycles. The van der Waals surface area contributed by atoms with Crippen molar-refractivity contribution in [3.05, 3.63) is 40.5 Å². The summed E-state index contributed by atoms with van der Waals surface area (Å²) in [6.07, 6.45) is 4.83. The second kappa shape index (κ2) is 9.58. The number of hydrogen-bond acceptors (Lipinski definition) is 8. The van der Waals surface area contributed by atoms with Crippen LogP contribution in [-0.4, -0.2) is 78.0 Å². The normalized spacial score (nSPS) is 18.8. The van der Waals surface area contributed by atoms with Crippen molar-refractivity contribution in [3.63, 3.8) is 0 Å². The lowest BCUT2D eigenvalue weighted by Crippen LogP contribution is -2.46. The molecule has 1 saturated heterocycles. The molecular formula is C23H31N7O2S. The summed E-state index contributed by atoms with van der Waals surface area (Å²) >= 11 is 1.63. The average Bonchev–Trinajstić information content (AvgIpc) is 3.33. The molecule has 4 rings (SSSR count). The molecule has 0 aliphatic carbocycles. The van der Waals surface area contributed by atoms with E-state index in [0.29, 0.717) is 18.3 Å². The highest BCUT2D eigenvalue weighted by Crippen LogP contribution is 2.46. The molecule has 2 aromatic rings. The molecule has 1 fully saturated rings. The van der Waals surface area contributed by atoms with E-state index in [0.717, 1.165) is 59.4 Å². The highest BCUT2D eigenvalue weighted by atomic mass is 32.1. The van der Waals surface area contributed by atoms with Crippen LogP contribution >= 0.6 is 11.3 Å². The summed E-state index contributed by atoms with van der Waals surface area (Å²) in [6.45, 7) is 11.1. The van der Waals surface area contributed by atoms with Gasteiger partial charge in [0.15, 0.2) is 0 Å². The predicted octanol–water partition coefficient (Wildman–Crippen LogP) is 2.45. The predicted molar refractivity (Wildman–Crippen MR) is 132 cm³/mol. The number of carbonyl (C=O) groups is 1. The topological polar surface area (TPSA) is 109 Å². The summed E-state index contributed by atoms with van der Waals surface area (Å²) in [6, 6.07) is 1.98. The Hall–Kier alpha value is -2.82. The van der Waals surface area contributed by atoms with Gasteiger partial charge in [-0.05, 0) is 44.7 Å². The van der Waals surface area contributed by atoms with E-state index in [1.165, 1.54) is 6.20 Å². The lowest BCUT2D eigenvalue weighted by Gasteiger charge is -2.35. The number of thiophene rings is 1. The van der Waals surface area contributed by atoms with Gasteiger partial charge in [0, 0.05) is 44.3 Å². The molecule has 2 aromatic heterocycles. The van der Waals surface area contributed by atoms with E-state index in [2.05, 4.69) is 34.0 Å². The van der Waals surface area contributed by atoms with Crippen LogP contribution in [0.3, 0.4) is 0 Å². The van der Waals surface area contributed by atoms with Gasteiger partial charge in [0.2, 0.25) is 5.95 Å². The fourth-order valence-corrected chi connectivity index (χ4v) is 5.54. The first-order valence-electron chi connectivity index (χ1n) is 11.1. The number of carbonyl (C=O) groups excluding carboxylic acids is 1. The Kier molecular flexibility index (Phi) is 6.78. The van der Waals surface area contributed by atoms with Gasteiger partial charge in [-0.25, -0.2) is 9.97 Å². The molecule has 3 N–H and O–H groups in total. The number of anilines is 1. The fourth-order valence-electron chi connectivity index (χ4n) is 4.22. The summed E-state index contributed by atoms with van der Waals surface area (Å²) in [5.41, 5.74) is 7.64. The maximum Gasteiger partial charge on any atom is 0.255 e. The molecule has 1 amide bonds. The van der Waals surface area contributed by atoms with Crippen molar-refractivity contribution in [2.24, 2.45) is 10.7 Å². The van der Waals surface area contributed by atoms with Crippen LogP contribution in [0.5, 0.6) is 0 Å². The van der Waals surface area contributed by atoms with Gasteiger partial charge in [0.1, 0.15) is 5.84 Å². The molecule has 0 atom stereocenters. The van der Waals surface area contributed by atoms with Crippen LogP contribution in [-0.2, 0) is 10.3 Å². The smallest absolute Gasteiger partial charge is 0.255 e. The molecule has 176 valence electrons. The van der Waals surface area contributed by atoms with Gasteiger partial charge in [0.25, 0.3) is 5.91 Å². The third kappa shape index (κ3) is 4.64. The van der Waals surface area contributed by atoms with Crippen LogP contribution in [0, 0.1) is 6.92 Å².